The van der Waals surface area contributed by atoms with Gasteiger partial charge in [-0.3, -0.25) is 0 Å². The molecule has 6 heteroatoms. The molecule has 0 aliphatic rings. The zero-order chi connectivity index (χ0) is 18.4. The van der Waals surface area contributed by atoms with Gasteiger partial charge in [0.25, 0.3) is 0 Å². The van der Waals surface area contributed by atoms with Crippen LogP contribution in [0.4, 0.5) is 5.82 Å². The molecule has 0 aliphatic carbocycles. The van der Waals surface area contributed by atoms with Crippen molar-refractivity contribution in [1.82, 2.24) is 9.97 Å². The summed E-state index contributed by atoms with van der Waals surface area (Å²) in [6.45, 7) is 9.27. The van der Waals surface area contributed by atoms with Crippen molar-refractivity contribution in [2.75, 3.05) is 6.61 Å². The van der Waals surface area contributed by atoms with Crippen LogP contribution in [-0.2, 0) is 3.07 Å². The summed E-state index contributed by atoms with van der Waals surface area (Å²) >= 11 is -2.64. The van der Waals surface area contributed by atoms with Gasteiger partial charge < -0.3 is 0 Å². The molecular weight excluding hydrogens is 421 g/mol. The molecule has 25 heavy (non-hydrogen) atoms. The van der Waals surface area contributed by atoms with Crippen LogP contribution in [0.25, 0.3) is 0 Å². The van der Waals surface area contributed by atoms with Gasteiger partial charge in [-0.05, 0) is 0 Å². The van der Waals surface area contributed by atoms with E-state index < -0.39 is 18.8 Å². The Balaban J connectivity index is 2.87. The van der Waals surface area contributed by atoms with E-state index in [1.54, 1.807) is 18.8 Å². The molecule has 0 unspecified atom stereocenters. The molecule has 0 N–H and O–H groups in total. The van der Waals surface area contributed by atoms with Gasteiger partial charge >= 0.3 is 158 Å². The molecule has 0 bridgehead atoms. The van der Waals surface area contributed by atoms with Gasteiger partial charge in [-0.25, -0.2) is 0 Å². The average Bonchev–Trinajstić information content (AvgIpc) is 2.64. The van der Waals surface area contributed by atoms with E-state index >= 15 is 0 Å². The third-order valence-corrected chi connectivity index (χ3v) is 16.9. The first-order valence-corrected chi connectivity index (χ1v) is 17.1. The van der Waals surface area contributed by atoms with Crippen molar-refractivity contribution in [2.24, 2.45) is 4.99 Å². The maximum atomic E-state index is 6.47. The topological polar surface area (TPSA) is 56.6 Å². The first-order valence-electron chi connectivity index (χ1n) is 9.85. The van der Waals surface area contributed by atoms with Crippen molar-refractivity contribution in [1.29, 1.82) is 0 Å². The van der Waals surface area contributed by atoms with Crippen molar-refractivity contribution in [3.63, 3.8) is 0 Å². The van der Waals surface area contributed by atoms with Crippen molar-refractivity contribution in [2.45, 2.75) is 79.5 Å². The number of nitrogens with zero attached hydrogens (tertiary/aromatic N) is 3. The second-order valence-electron chi connectivity index (χ2n) is 6.46. The number of unbranched alkanes of at least 4 members (excludes halogenated alkanes) is 3. The van der Waals surface area contributed by atoms with Crippen LogP contribution in [0.15, 0.2) is 17.4 Å². The Morgan fingerprint density at radius 3 is 2.00 bits per heavy atom. The predicted octanol–water partition coefficient (Wildman–Crippen LogP) is 5.90. The van der Waals surface area contributed by atoms with Gasteiger partial charge in [-0.15, -0.1) is 0 Å². The molecule has 0 saturated heterocycles. The van der Waals surface area contributed by atoms with Crippen LogP contribution in [0, 0.1) is 0 Å². The van der Waals surface area contributed by atoms with E-state index in [4.69, 9.17) is 7.81 Å². The van der Waals surface area contributed by atoms with Gasteiger partial charge in [-0.2, -0.15) is 0 Å². The summed E-state index contributed by atoms with van der Waals surface area (Å²) in [5, 5.41) is 0. The standard InChI is InChI=1S/C7H9N3O2.3C4H9.Sn/c1-2-12-7-6(10-5-11)8-3-4-9-7;3*1-3-4-2;/h3-5H,2H2,1H3,(H,8,10,11);3*1,3-4H2,2H3;/q;;;;+1/p-1. The molecule has 0 amide bonds. The minimum atomic E-state index is -2.64. The number of hydrogen-bond acceptors (Lipinski definition) is 5. The number of rotatable bonds is 14. The van der Waals surface area contributed by atoms with Crippen molar-refractivity contribution >= 4 is 31.0 Å². The van der Waals surface area contributed by atoms with E-state index in [9.17, 15) is 0 Å². The molecule has 0 radical (unpaired) electrons. The summed E-state index contributed by atoms with van der Waals surface area (Å²) in [6.07, 6.45) is 12.4. The predicted molar refractivity (Wildman–Crippen MR) is 107 cm³/mol. The van der Waals surface area contributed by atoms with E-state index in [0.29, 0.717) is 18.3 Å². The van der Waals surface area contributed by atoms with E-state index in [-0.39, 0.29) is 0 Å². The summed E-state index contributed by atoms with van der Waals surface area (Å²) in [6, 6.07) is 0. The Labute approximate surface area is 158 Å². The maximum absolute atomic E-state index is 6.47. The summed E-state index contributed by atoms with van der Waals surface area (Å²) in [5.41, 5.74) is 0. The Kier molecular flexibility index (Phi) is 11.9. The van der Waals surface area contributed by atoms with Gasteiger partial charge in [0.2, 0.25) is 0 Å². The van der Waals surface area contributed by atoms with Crippen molar-refractivity contribution in [3.8, 4) is 5.88 Å². The minimum absolute atomic E-state index is 0.473. The summed E-state index contributed by atoms with van der Waals surface area (Å²) in [7, 11) is 0. The van der Waals surface area contributed by atoms with Gasteiger partial charge in [0, 0.05) is 0 Å². The molecular formula is C19H35N3O2Sn. The second-order valence-corrected chi connectivity index (χ2v) is 18.2. The van der Waals surface area contributed by atoms with Crippen LogP contribution in [0.5, 0.6) is 5.88 Å². The van der Waals surface area contributed by atoms with Gasteiger partial charge in [-0.1, -0.05) is 0 Å². The van der Waals surface area contributed by atoms with E-state index in [0.717, 1.165) is 0 Å². The van der Waals surface area contributed by atoms with Crippen LogP contribution in [0.1, 0.15) is 66.2 Å². The molecule has 1 aromatic rings. The molecule has 1 aromatic heterocycles. The van der Waals surface area contributed by atoms with Crippen LogP contribution < -0.4 is 4.74 Å². The molecule has 1 rings (SSSR count). The normalized spacial score (nSPS) is 11.8. The quantitative estimate of drug-likeness (QED) is 0.199. The number of ether oxygens (including phenoxy) is 1. The van der Waals surface area contributed by atoms with Crippen LogP contribution in [0.2, 0.25) is 13.3 Å². The Morgan fingerprint density at radius 1 is 0.920 bits per heavy atom. The SMILES string of the molecule is CCC[CH2][Sn]([CH2]CCC)([CH2]CCC)[O]C=Nc1nccnc1OCC. The molecule has 0 spiro atoms. The molecule has 0 saturated carbocycles. The molecule has 142 valence electrons. The van der Waals surface area contributed by atoms with Crippen molar-refractivity contribution in [3.05, 3.63) is 12.4 Å². The fraction of sp³-hybridized carbons (Fsp3) is 0.737. The first kappa shape index (κ1) is 22.2. The summed E-state index contributed by atoms with van der Waals surface area (Å²) in [5.74, 6) is 0.979. The fourth-order valence-corrected chi connectivity index (χ4v) is 15.4. The molecule has 0 aromatic carbocycles. The third-order valence-electron chi connectivity index (χ3n) is 4.36. The van der Waals surface area contributed by atoms with Gasteiger partial charge in [0.1, 0.15) is 0 Å². The number of hydrogen-bond donors (Lipinski definition) is 0. The zero-order valence-corrected chi connectivity index (χ0v) is 19.3. The second kappa shape index (κ2) is 13.4. The van der Waals surface area contributed by atoms with Gasteiger partial charge in [0.05, 0.1) is 0 Å². The number of aliphatic imine (C=N–C) groups is 1. The fourth-order valence-electron chi connectivity index (χ4n) is 2.88. The molecule has 0 atom stereocenters. The molecule has 1 heterocycles. The average molecular weight is 456 g/mol. The summed E-state index contributed by atoms with van der Waals surface area (Å²) in [4.78, 5) is 12.9. The van der Waals surface area contributed by atoms with E-state index in [2.05, 4.69) is 35.7 Å². The van der Waals surface area contributed by atoms with Crippen molar-refractivity contribution < 1.29 is 7.81 Å². The Hall–Kier alpha value is -0.851. The monoisotopic (exact) mass is 457 g/mol. The van der Waals surface area contributed by atoms with Gasteiger partial charge in [0.15, 0.2) is 0 Å². The third kappa shape index (κ3) is 8.38. The Bertz CT molecular complexity index is 476. The van der Waals surface area contributed by atoms with E-state index in [1.165, 1.54) is 51.8 Å². The molecule has 0 aliphatic heterocycles. The van der Waals surface area contributed by atoms with Crippen LogP contribution >= 0.6 is 0 Å². The van der Waals surface area contributed by atoms with Crippen LogP contribution in [0.3, 0.4) is 0 Å². The summed E-state index contributed by atoms with van der Waals surface area (Å²) < 4.78 is 15.8. The first-order chi connectivity index (χ1) is 12.2. The number of aromatic nitrogens is 2. The Morgan fingerprint density at radius 2 is 1.48 bits per heavy atom. The zero-order valence-electron chi connectivity index (χ0n) is 16.5. The van der Waals surface area contributed by atoms with E-state index in [1.807, 2.05) is 6.92 Å². The molecule has 0 fully saturated rings. The molecule has 5 nitrogen and oxygen atoms in total. The van der Waals surface area contributed by atoms with Crippen LogP contribution in [-0.4, -0.2) is 41.8 Å².